The highest BCUT2D eigenvalue weighted by Gasteiger charge is 2.15. The number of hydrogen-bond donors (Lipinski definition) is 1. The number of hydrogen-bond acceptors (Lipinski definition) is 4. The zero-order valence-electron chi connectivity index (χ0n) is 16.3. The quantitative estimate of drug-likeness (QED) is 0.302. The number of anilines is 1. The summed E-state index contributed by atoms with van der Waals surface area (Å²) in [5, 5.41) is 11.7. The van der Waals surface area contributed by atoms with Crippen molar-refractivity contribution in [2.45, 2.75) is 13.3 Å². The number of aromatic nitrogens is 4. The van der Waals surface area contributed by atoms with Crippen LogP contribution in [0.1, 0.15) is 16.1 Å². The van der Waals surface area contributed by atoms with Gasteiger partial charge in [-0.25, -0.2) is 9.07 Å². The minimum atomic E-state index is -0.442. The summed E-state index contributed by atoms with van der Waals surface area (Å²) >= 11 is 12.8. The Kier molecular flexibility index (Phi) is 6.92. The maximum absolute atomic E-state index is 13.9. The Hall–Kier alpha value is -2.69. The second-order valence-electron chi connectivity index (χ2n) is 6.66. The van der Waals surface area contributed by atoms with Crippen LogP contribution in [0.4, 0.5) is 10.2 Å². The van der Waals surface area contributed by atoms with E-state index >= 15 is 0 Å². The van der Waals surface area contributed by atoms with Crippen molar-refractivity contribution in [3.63, 3.8) is 0 Å². The van der Waals surface area contributed by atoms with Crippen molar-refractivity contribution in [2.75, 3.05) is 5.32 Å². The molecule has 2 aromatic heterocycles. The summed E-state index contributed by atoms with van der Waals surface area (Å²) in [7, 11) is 0. The number of ether oxygens (including phenoxy) is 1. The molecule has 0 bridgehead atoms. The molecule has 2 heterocycles. The first-order chi connectivity index (χ1) is 15.4. The number of nitrogens with one attached hydrogen (secondary N) is 1. The summed E-state index contributed by atoms with van der Waals surface area (Å²) in [4.78, 5) is 12.6. The number of nitrogens with zero attached hydrogens (tertiary/aromatic N) is 4. The van der Waals surface area contributed by atoms with Gasteiger partial charge < -0.3 is 10.1 Å². The van der Waals surface area contributed by atoms with Crippen molar-refractivity contribution in [1.29, 1.82) is 0 Å². The topological polar surface area (TPSA) is 74.0 Å². The third-order valence-electron chi connectivity index (χ3n) is 4.36. The highest BCUT2D eigenvalue weighted by atomic mass is 79.9. The van der Waals surface area contributed by atoms with Gasteiger partial charge in [0.1, 0.15) is 11.6 Å². The Morgan fingerprint density at radius 3 is 2.72 bits per heavy atom. The maximum atomic E-state index is 13.9. The van der Waals surface area contributed by atoms with E-state index in [2.05, 4.69) is 47.4 Å². The monoisotopic (exact) mass is 581 g/mol. The predicted octanol–water partition coefficient (Wildman–Crippen LogP) is 5.73. The van der Waals surface area contributed by atoms with Gasteiger partial charge in [0.2, 0.25) is 0 Å². The molecular formula is C21H15Br2ClFN5O2. The van der Waals surface area contributed by atoms with E-state index in [0.29, 0.717) is 26.6 Å². The highest BCUT2D eigenvalue weighted by Crippen LogP contribution is 2.28. The van der Waals surface area contributed by atoms with E-state index in [1.165, 1.54) is 15.4 Å². The highest BCUT2D eigenvalue weighted by molar-refractivity contribution is 9.10. The van der Waals surface area contributed by atoms with E-state index in [-0.39, 0.29) is 24.8 Å². The van der Waals surface area contributed by atoms with Gasteiger partial charge in [-0.3, -0.25) is 9.48 Å². The van der Waals surface area contributed by atoms with E-state index < -0.39 is 5.91 Å². The van der Waals surface area contributed by atoms with Crippen LogP contribution in [0.2, 0.25) is 5.02 Å². The zero-order valence-corrected chi connectivity index (χ0v) is 20.2. The molecule has 0 saturated heterocycles. The van der Waals surface area contributed by atoms with Crippen molar-refractivity contribution >= 4 is 55.2 Å². The third kappa shape index (κ3) is 5.37. The molecular weight excluding hydrogens is 569 g/mol. The lowest BCUT2D eigenvalue weighted by molar-refractivity contribution is 0.101. The van der Waals surface area contributed by atoms with Crippen molar-refractivity contribution in [2.24, 2.45) is 0 Å². The number of benzene rings is 2. The Morgan fingerprint density at radius 2 is 1.94 bits per heavy atom. The largest absolute Gasteiger partial charge is 0.470 e. The summed E-state index contributed by atoms with van der Waals surface area (Å²) in [5.41, 5.74) is 0.677. The smallest absolute Gasteiger partial charge is 0.277 e. The molecule has 32 heavy (non-hydrogen) atoms. The number of carbonyl (C=O) groups excluding carboxylic acids is 1. The van der Waals surface area contributed by atoms with E-state index in [4.69, 9.17) is 16.3 Å². The van der Waals surface area contributed by atoms with Gasteiger partial charge in [0, 0.05) is 22.4 Å². The molecule has 4 aromatic rings. The SMILES string of the molecule is O=C(Nc1nn(Cc2ccccc2F)cc1Br)c1ccn(COc2ccc(Br)cc2Cl)n1. The van der Waals surface area contributed by atoms with E-state index in [9.17, 15) is 9.18 Å². The summed E-state index contributed by atoms with van der Waals surface area (Å²) in [6.45, 7) is 0.307. The molecule has 0 atom stereocenters. The van der Waals surface area contributed by atoms with Gasteiger partial charge in [-0.15, -0.1) is 0 Å². The standard InChI is InChI=1S/C21H15Br2ClFN5O2/c22-14-5-6-19(16(24)9-14)32-12-29-8-7-18(27-29)21(31)26-20-15(23)11-30(28-20)10-13-3-1-2-4-17(13)25/h1-9,11H,10,12H2,(H,26,28,31). The van der Waals surface area contributed by atoms with Crippen molar-refractivity contribution in [3.8, 4) is 5.75 Å². The normalized spacial score (nSPS) is 10.9. The molecule has 2 aromatic carbocycles. The molecule has 1 N–H and O–H groups in total. The molecule has 7 nitrogen and oxygen atoms in total. The summed E-state index contributed by atoms with van der Waals surface area (Å²) in [5.74, 6) is 0.0450. The molecule has 0 aliphatic rings. The van der Waals surface area contributed by atoms with Crippen LogP contribution in [0.15, 0.2) is 69.9 Å². The zero-order chi connectivity index (χ0) is 22.7. The first kappa shape index (κ1) is 22.5. The van der Waals surface area contributed by atoms with Crippen LogP contribution >= 0.6 is 43.5 Å². The van der Waals surface area contributed by atoms with E-state index in [1.807, 2.05) is 6.07 Å². The number of amides is 1. The Morgan fingerprint density at radius 1 is 1.12 bits per heavy atom. The van der Waals surface area contributed by atoms with Crippen molar-refractivity contribution in [3.05, 3.63) is 92.0 Å². The second-order valence-corrected chi connectivity index (χ2v) is 8.83. The van der Waals surface area contributed by atoms with E-state index in [0.717, 1.165) is 4.47 Å². The predicted molar refractivity (Wildman–Crippen MR) is 125 cm³/mol. The first-order valence-corrected chi connectivity index (χ1v) is 11.2. The molecule has 0 radical (unpaired) electrons. The van der Waals surface area contributed by atoms with Crippen LogP contribution in [-0.2, 0) is 13.3 Å². The minimum absolute atomic E-state index is 0.0790. The molecule has 0 aliphatic carbocycles. The van der Waals surface area contributed by atoms with Crippen molar-refractivity contribution < 1.29 is 13.9 Å². The fourth-order valence-electron chi connectivity index (χ4n) is 2.82. The second kappa shape index (κ2) is 9.85. The molecule has 1 amide bonds. The molecule has 0 aliphatic heterocycles. The lowest BCUT2D eigenvalue weighted by atomic mass is 10.2. The lowest BCUT2D eigenvalue weighted by Gasteiger charge is -2.08. The van der Waals surface area contributed by atoms with Crippen LogP contribution in [-0.4, -0.2) is 25.5 Å². The van der Waals surface area contributed by atoms with Crippen LogP contribution in [0.25, 0.3) is 0 Å². The van der Waals surface area contributed by atoms with Crippen LogP contribution in [0.3, 0.4) is 0 Å². The summed E-state index contributed by atoms with van der Waals surface area (Å²) in [6, 6.07) is 13.3. The maximum Gasteiger partial charge on any atom is 0.277 e. The average Bonchev–Trinajstić information content (AvgIpc) is 3.36. The van der Waals surface area contributed by atoms with Crippen LogP contribution in [0.5, 0.6) is 5.75 Å². The van der Waals surface area contributed by atoms with Gasteiger partial charge in [0.05, 0.1) is 16.0 Å². The molecule has 0 fully saturated rings. The molecule has 11 heteroatoms. The fraction of sp³-hybridized carbons (Fsp3) is 0.0952. The fourth-order valence-corrected chi connectivity index (χ4v) is 3.96. The first-order valence-electron chi connectivity index (χ1n) is 9.28. The van der Waals surface area contributed by atoms with Gasteiger partial charge in [0.25, 0.3) is 5.91 Å². The van der Waals surface area contributed by atoms with Crippen LogP contribution in [0, 0.1) is 5.82 Å². The Labute approximate surface area is 204 Å². The number of carbonyl (C=O) groups is 1. The Bertz CT molecular complexity index is 1280. The molecule has 0 spiro atoms. The van der Waals surface area contributed by atoms with E-state index in [1.54, 1.807) is 48.8 Å². The molecule has 0 unspecified atom stereocenters. The van der Waals surface area contributed by atoms with Crippen LogP contribution < -0.4 is 10.1 Å². The van der Waals surface area contributed by atoms with Gasteiger partial charge in [-0.05, 0) is 46.3 Å². The molecule has 4 rings (SSSR count). The molecule has 0 saturated carbocycles. The average molecular weight is 584 g/mol. The van der Waals surface area contributed by atoms with Crippen molar-refractivity contribution in [1.82, 2.24) is 19.6 Å². The summed E-state index contributed by atoms with van der Waals surface area (Å²) in [6.07, 6.45) is 3.28. The van der Waals surface area contributed by atoms with Gasteiger partial charge >= 0.3 is 0 Å². The van der Waals surface area contributed by atoms with Gasteiger partial charge in [-0.2, -0.15) is 10.2 Å². The van der Waals surface area contributed by atoms with Gasteiger partial charge in [-0.1, -0.05) is 45.7 Å². The number of rotatable bonds is 7. The third-order valence-corrected chi connectivity index (χ3v) is 5.73. The molecule has 164 valence electrons. The minimum Gasteiger partial charge on any atom is -0.470 e. The Balaban J connectivity index is 1.39. The van der Waals surface area contributed by atoms with Gasteiger partial charge in [0.15, 0.2) is 18.2 Å². The number of halogens is 4. The summed E-state index contributed by atoms with van der Waals surface area (Å²) < 4.78 is 23.9. The lowest BCUT2D eigenvalue weighted by Crippen LogP contribution is -2.15.